The topological polar surface area (TPSA) is 86.7 Å². The first-order valence-electron chi connectivity index (χ1n) is 6.36. The highest BCUT2D eigenvalue weighted by Crippen LogP contribution is 2.22. The Bertz CT molecular complexity index is 369. The van der Waals surface area contributed by atoms with Crippen molar-refractivity contribution in [1.29, 1.82) is 0 Å². The van der Waals surface area contributed by atoms with E-state index >= 15 is 0 Å². The molecule has 0 aromatic heterocycles. The maximum atomic E-state index is 12.1. The van der Waals surface area contributed by atoms with Crippen LogP contribution in [0.4, 0.5) is 0 Å². The number of carboxylic acid groups (broad SMARTS) is 1. The molecule has 0 saturated carbocycles. The van der Waals surface area contributed by atoms with Gasteiger partial charge in [-0.1, -0.05) is 0 Å². The molecule has 2 amide bonds. The summed E-state index contributed by atoms with van der Waals surface area (Å²) in [5.74, 6) is -0.585. The van der Waals surface area contributed by atoms with Crippen LogP contribution in [0.3, 0.4) is 0 Å². The number of nitrogens with zero attached hydrogens (tertiary/aromatic N) is 1. The molecule has 18 heavy (non-hydrogen) atoms. The van der Waals surface area contributed by atoms with Gasteiger partial charge in [0.15, 0.2) is 0 Å². The second kappa shape index (κ2) is 5.37. The number of likely N-dealkylation sites (tertiary alicyclic amines) is 1. The summed E-state index contributed by atoms with van der Waals surface area (Å²) in [6, 6.07) is -0.365. The van der Waals surface area contributed by atoms with Crippen molar-refractivity contribution in [3.63, 3.8) is 0 Å². The summed E-state index contributed by atoms with van der Waals surface area (Å²) in [5.41, 5.74) is 0. The number of carbonyl (C=O) groups excluding carboxylic acids is 2. The fourth-order valence-electron chi connectivity index (χ4n) is 2.62. The lowest BCUT2D eigenvalue weighted by molar-refractivity contribution is -0.137. The average molecular weight is 254 g/mol. The van der Waals surface area contributed by atoms with Gasteiger partial charge in [-0.2, -0.15) is 0 Å². The lowest BCUT2D eigenvalue weighted by Gasteiger charge is -2.20. The molecule has 0 radical (unpaired) electrons. The third-order valence-corrected chi connectivity index (χ3v) is 3.66. The van der Waals surface area contributed by atoms with Gasteiger partial charge in [0.2, 0.25) is 11.8 Å². The van der Waals surface area contributed by atoms with E-state index in [1.165, 1.54) is 0 Å². The molecule has 6 heteroatoms. The van der Waals surface area contributed by atoms with Crippen molar-refractivity contribution in [3.05, 3.63) is 0 Å². The Morgan fingerprint density at radius 1 is 1.39 bits per heavy atom. The quantitative estimate of drug-likeness (QED) is 0.738. The van der Waals surface area contributed by atoms with E-state index in [4.69, 9.17) is 5.11 Å². The Morgan fingerprint density at radius 2 is 2.17 bits per heavy atom. The lowest BCUT2D eigenvalue weighted by Crippen LogP contribution is -2.43. The Hall–Kier alpha value is -1.59. The molecule has 2 fully saturated rings. The van der Waals surface area contributed by atoms with Gasteiger partial charge >= 0.3 is 5.97 Å². The molecule has 6 nitrogen and oxygen atoms in total. The number of carboxylic acids is 1. The molecular weight excluding hydrogens is 236 g/mol. The summed E-state index contributed by atoms with van der Waals surface area (Å²) in [6.45, 7) is 1.30. The highest BCUT2D eigenvalue weighted by Gasteiger charge is 2.34. The van der Waals surface area contributed by atoms with Gasteiger partial charge in [0, 0.05) is 25.9 Å². The first kappa shape index (κ1) is 12.9. The summed E-state index contributed by atoms with van der Waals surface area (Å²) in [6.07, 6.45) is 2.64. The molecule has 2 aliphatic heterocycles. The highest BCUT2D eigenvalue weighted by molar-refractivity contribution is 5.90. The molecule has 0 aromatic carbocycles. The molecular formula is C12H18N2O4. The fourth-order valence-corrected chi connectivity index (χ4v) is 2.62. The molecule has 2 heterocycles. The first-order valence-corrected chi connectivity index (χ1v) is 6.36. The molecule has 0 aliphatic carbocycles. The van der Waals surface area contributed by atoms with Crippen LogP contribution in [0.5, 0.6) is 0 Å². The normalized spacial score (nSPS) is 27.3. The second-order valence-electron chi connectivity index (χ2n) is 5.03. The van der Waals surface area contributed by atoms with Crippen LogP contribution < -0.4 is 5.32 Å². The van der Waals surface area contributed by atoms with Crippen LogP contribution in [0, 0.1) is 5.92 Å². The van der Waals surface area contributed by atoms with Crippen molar-refractivity contribution in [3.8, 4) is 0 Å². The van der Waals surface area contributed by atoms with Crippen molar-refractivity contribution in [2.24, 2.45) is 5.92 Å². The molecule has 2 aliphatic rings. The molecule has 2 rings (SSSR count). The fraction of sp³-hybridized carbons (Fsp3) is 0.750. The molecule has 2 atom stereocenters. The van der Waals surface area contributed by atoms with Crippen LogP contribution in [0.1, 0.15) is 32.1 Å². The van der Waals surface area contributed by atoms with Gasteiger partial charge in [0.25, 0.3) is 0 Å². The van der Waals surface area contributed by atoms with Crippen molar-refractivity contribution in [2.75, 3.05) is 13.1 Å². The van der Waals surface area contributed by atoms with E-state index in [2.05, 4.69) is 5.32 Å². The van der Waals surface area contributed by atoms with E-state index in [1.54, 1.807) is 4.90 Å². The summed E-state index contributed by atoms with van der Waals surface area (Å²) in [5, 5.41) is 11.3. The smallest absolute Gasteiger partial charge is 0.303 e. The van der Waals surface area contributed by atoms with E-state index < -0.39 is 5.97 Å². The maximum Gasteiger partial charge on any atom is 0.303 e. The van der Waals surface area contributed by atoms with E-state index in [0.29, 0.717) is 32.4 Å². The standard InChI is InChI=1S/C12H18N2O4/c15-10-3-2-9(13-10)12(18)14-6-5-8(7-14)1-4-11(16)17/h8-9H,1-7H2,(H,13,15)(H,16,17)/t8?,9-/m0/s1. The average Bonchev–Trinajstić information content (AvgIpc) is 2.94. The van der Waals surface area contributed by atoms with Gasteiger partial charge in [-0.05, 0) is 25.2 Å². The maximum absolute atomic E-state index is 12.1. The first-order chi connectivity index (χ1) is 8.56. The number of carbonyl (C=O) groups is 3. The van der Waals surface area contributed by atoms with Crippen molar-refractivity contribution >= 4 is 17.8 Å². The van der Waals surface area contributed by atoms with Crippen LogP contribution in [0.25, 0.3) is 0 Å². The highest BCUT2D eigenvalue weighted by atomic mass is 16.4. The predicted octanol–water partition coefficient (Wildman–Crippen LogP) is -0.0217. The summed E-state index contributed by atoms with van der Waals surface area (Å²) < 4.78 is 0. The van der Waals surface area contributed by atoms with Crippen LogP contribution >= 0.6 is 0 Å². The van der Waals surface area contributed by atoms with Crippen LogP contribution in [0.15, 0.2) is 0 Å². The number of hydrogen-bond donors (Lipinski definition) is 2. The largest absolute Gasteiger partial charge is 0.481 e. The Balaban J connectivity index is 1.79. The minimum atomic E-state index is -0.789. The zero-order chi connectivity index (χ0) is 13.1. The van der Waals surface area contributed by atoms with Crippen molar-refractivity contribution < 1.29 is 19.5 Å². The Labute approximate surface area is 105 Å². The zero-order valence-electron chi connectivity index (χ0n) is 10.2. The van der Waals surface area contributed by atoms with Crippen LogP contribution in [-0.2, 0) is 14.4 Å². The summed E-state index contributed by atoms with van der Waals surface area (Å²) in [7, 11) is 0. The minimum Gasteiger partial charge on any atom is -0.481 e. The van der Waals surface area contributed by atoms with Crippen LogP contribution in [-0.4, -0.2) is 46.9 Å². The van der Waals surface area contributed by atoms with E-state index in [9.17, 15) is 14.4 Å². The van der Waals surface area contributed by atoms with Crippen molar-refractivity contribution in [2.45, 2.75) is 38.1 Å². The number of rotatable bonds is 4. The summed E-state index contributed by atoms with van der Waals surface area (Å²) in [4.78, 5) is 35.4. The van der Waals surface area contributed by atoms with Gasteiger partial charge in [-0.15, -0.1) is 0 Å². The number of hydrogen-bond acceptors (Lipinski definition) is 3. The molecule has 0 aromatic rings. The third-order valence-electron chi connectivity index (χ3n) is 3.66. The van der Waals surface area contributed by atoms with E-state index in [0.717, 1.165) is 6.42 Å². The van der Waals surface area contributed by atoms with E-state index in [1.807, 2.05) is 0 Å². The predicted molar refractivity (Wildman–Crippen MR) is 62.7 cm³/mol. The Morgan fingerprint density at radius 3 is 2.78 bits per heavy atom. The van der Waals surface area contributed by atoms with E-state index in [-0.39, 0.29) is 30.2 Å². The molecule has 0 bridgehead atoms. The Kier molecular flexibility index (Phi) is 3.84. The lowest BCUT2D eigenvalue weighted by atomic mass is 10.0. The van der Waals surface area contributed by atoms with Gasteiger partial charge < -0.3 is 15.3 Å². The minimum absolute atomic E-state index is 0.0151. The van der Waals surface area contributed by atoms with Gasteiger partial charge in [-0.3, -0.25) is 14.4 Å². The third kappa shape index (κ3) is 3.00. The van der Waals surface area contributed by atoms with Crippen molar-refractivity contribution in [1.82, 2.24) is 10.2 Å². The molecule has 1 unspecified atom stereocenters. The molecule has 2 N–H and O–H groups in total. The molecule has 0 spiro atoms. The second-order valence-corrected chi connectivity index (χ2v) is 5.03. The van der Waals surface area contributed by atoms with Gasteiger partial charge in [-0.25, -0.2) is 0 Å². The molecule has 100 valence electrons. The number of nitrogens with one attached hydrogen (secondary N) is 1. The van der Waals surface area contributed by atoms with Gasteiger partial charge in [0.1, 0.15) is 6.04 Å². The van der Waals surface area contributed by atoms with Crippen LogP contribution in [0.2, 0.25) is 0 Å². The summed E-state index contributed by atoms with van der Waals surface area (Å²) >= 11 is 0. The SMILES string of the molecule is O=C(O)CCC1CCN(C(=O)[C@@H]2CCC(=O)N2)C1. The molecule has 2 saturated heterocycles. The number of amides is 2. The monoisotopic (exact) mass is 254 g/mol. The zero-order valence-corrected chi connectivity index (χ0v) is 10.2. The number of aliphatic carboxylic acids is 1. The van der Waals surface area contributed by atoms with Gasteiger partial charge in [0.05, 0.1) is 0 Å².